The molecule has 3 rings (SSSR count). The first-order valence-corrected chi connectivity index (χ1v) is 9.52. The average molecular weight is 379 g/mol. The zero-order chi connectivity index (χ0) is 18.9. The lowest BCUT2D eigenvalue weighted by atomic mass is 9.76. The van der Waals surface area contributed by atoms with Gasteiger partial charge < -0.3 is 10.4 Å². The van der Waals surface area contributed by atoms with Crippen LogP contribution in [0.4, 0.5) is 4.39 Å². The molecule has 1 heterocycles. The number of halogens is 1. The molecule has 7 nitrogen and oxygen atoms in total. The molecule has 138 valence electrons. The summed E-state index contributed by atoms with van der Waals surface area (Å²) in [6.45, 7) is 0. The molecule has 0 aliphatic heterocycles. The number of amides is 1. The van der Waals surface area contributed by atoms with E-state index in [9.17, 15) is 22.7 Å². The van der Waals surface area contributed by atoms with Gasteiger partial charge in [0.05, 0.1) is 28.3 Å². The van der Waals surface area contributed by atoms with E-state index in [1.54, 1.807) is 24.4 Å². The molecule has 1 saturated carbocycles. The molecule has 0 unspecified atom stereocenters. The third kappa shape index (κ3) is 3.90. The van der Waals surface area contributed by atoms with E-state index in [0.29, 0.717) is 18.5 Å². The van der Waals surface area contributed by atoms with Crippen molar-refractivity contribution in [2.24, 2.45) is 11.1 Å². The van der Waals surface area contributed by atoms with E-state index >= 15 is 0 Å². The number of hydrogen-bond acceptors (Lipinski definition) is 5. The highest BCUT2D eigenvalue weighted by atomic mass is 32.2. The van der Waals surface area contributed by atoms with Gasteiger partial charge in [-0.25, -0.2) is 17.9 Å². The summed E-state index contributed by atoms with van der Waals surface area (Å²) >= 11 is 0. The number of benzene rings is 1. The van der Waals surface area contributed by atoms with Gasteiger partial charge in [0, 0.05) is 6.20 Å². The van der Waals surface area contributed by atoms with Crippen LogP contribution in [0.5, 0.6) is 0 Å². The second-order valence-electron chi connectivity index (χ2n) is 6.28. The zero-order valence-corrected chi connectivity index (χ0v) is 14.5. The van der Waals surface area contributed by atoms with Crippen molar-refractivity contribution < 1.29 is 22.7 Å². The molecule has 1 aromatic heterocycles. The number of rotatable bonds is 5. The van der Waals surface area contributed by atoms with E-state index in [2.05, 4.69) is 10.3 Å². The summed E-state index contributed by atoms with van der Waals surface area (Å²) in [5.74, 6) is -1.68. The molecule has 1 aliphatic carbocycles. The van der Waals surface area contributed by atoms with Gasteiger partial charge in [-0.3, -0.25) is 9.78 Å². The number of aliphatic hydroxyl groups excluding tert-OH is 1. The van der Waals surface area contributed by atoms with Gasteiger partial charge in [-0.2, -0.15) is 0 Å². The van der Waals surface area contributed by atoms with Gasteiger partial charge in [0.25, 0.3) is 5.91 Å². The van der Waals surface area contributed by atoms with Crippen LogP contribution in [0.25, 0.3) is 0 Å². The summed E-state index contributed by atoms with van der Waals surface area (Å²) in [5.41, 5.74) is 0.165. The lowest BCUT2D eigenvalue weighted by molar-refractivity contribution is 0.0227. The van der Waals surface area contributed by atoms with Crippen LogP contribution in [0.1, 0.15) is 34.9 Å². The molecule has 9 heteroatoms. The summed E-state index contributed by atoms with van der Waals surface area (Å²) in [6, 6.07) is 7.49. The number of primary sulfonamides is 1. The molecular formula is C17H18FN3O4S. The van der Waals surface area contributed by atoms with Crippen molar-refractivity contribution in [3.8, 4) is 0 Å². The van der Waals surface area contributed by atoms with Crippen LogP contribution in [0, 0.1) is 11.7 Å². The zero-order valence-electron chi connectivity index (χ0n) is 13.7. The molecular weight excluding hydrogens is 361 g/mol. The maximum atomic E-state index is 14.1. The summed E-state index contributed by atoms with van der Waals surface area (Å²) < 4.78 is 37.0. The summed E-state index contributed by atoms with van der Waals surface area (Å²) in [7, 11) is -4.07. The maximum absolute atomic E-state index is 14.1. The first kappa shape index (κ1) is 18.4. The van der Waals surface area contributed by atoms with Crippen LogP contribution in [0.15, 0.2) is 47.5 Å². The number of pyridine rings is 1. The molecule has 1 amide bonds. The van der Waals surface area contributed by atoms with Crippen molar-refractivity contribution in [2.45, 2.75) is 29.9 Å². The van der Waals surface area contributed by atoms with Gasteiger partial charge in [0.15, 0.2) is 0 Å². The predicted molar refractivity (Wildman–Crippen MR) is 90.9 cm³/mol. The number of carbonyl (C=O) groups excluding carboxylic acids is 1. The smallest absolute Gasteiger partial charge is 0.254 e. The molecule has 26 heavy (non-hydrogen) atoms. The Morgan fingerprint density at radius 3 is 2.62 bits per heavy atom. The Morgan fingerprint density at radius 1 is 1.31 bits per heavy atom. The highest BCUT2D eigenvalue weighted by molar-refractivity contribution is 7.89. The molecule has 0 bridgehead atoms. The fourth-order valence-corrected chi connectivity index (χ4v) is 3.51. The number of carbonyl (C=O) groups is 1. The fourth-order valence-electron chi connectivity index (χ4n) is 2.97. The largest absolute Gasteiger partial charge is 0.393 e. The third-order valence-electron chi connectivity index (χ3n) is 4.43. The number of aliphatic hydroxyl groups is 1. The van der Waals surface area contributed by atoms with E-state index in [0.717, 1.165) is 18.2 Å². The number of nitrogens with zero attached hydrogens (tertiary/aromatic N) is 1. The molecule has 0 radical (unpaired) electrons. The summed E-state index contributed by atoms with van der Waals surface area (Å²) in [4.78, 5) is 16.5. The molecule has 1 fully saturated rings. The summed E-state index contributed by atoms with van der Waals surface area (Å²) in [6.07, 6.45) is 2.11. The number of sulfonamides is 1. The van der Waals surface area contributed by atoms with Crippen LogP contribution < -0.4 is 10.5 Å². The summed E-state index contributed by atoms with van der Waals surface area (Å²) in [5, 5.41) is 17.3. The van der Waals surface area contributed by atoms with Crippen LogP contribution in [-0.2, 0) is 10.0 Å². The van der Waals surface area contributed by atoms with E-state index < -0.39 is 39.5 Å². The molecule has 2 aromatic rings. The highest BCUT2D eigenvalue weighted by Crippen LogP contribution is 2.37. The topological polar surface area (TPSA) is 122 Å². The third-order valence-corrected chi connectivity index (χ3v) is 5.34. The number of aromatic nitrogens is 1. The normalized spacial score (nSPS) is 20.9. The van der Waals surface area contributed by atoms with Crippen LogP contribution in [0.3, 0.4) is 0 Å². The maximum Gasteiger partial charge on any atom is 0.254 e. The van der Waals surface area contributed by atoms with Gasteiger partial charge in [-0.15, -0.1) is 0 Å². The van der Waals surface area contributed by atoms with Crippen molar-refractivity contribution in [3.63, 3.8) is 0 Å². The van der Waals surface area contributed by atoms with Crippen molar-refractivity contribution in [2.75, 3.05) is 0 Å². The minimum absolute atomic E-state index is 0.0478. The van der Waals surface area contributed by atoms with Crippen molar-refractivity contribution >= 4 is 15.9 Å². The Balaban J connectivity index is 1.89. The lowest BCUT2D eigenvalue weighted by Crippen LogP contribution is -2.42. The second-order valence-corrected chi connectivity index (χ2v) is 7.84. The molecule has 4 N–H and O–H groups in total. The minimum Gasteiger partial charge on any atom is -0.393 e. The average Bonchev–Trinajstić information content (AvgIpc) is 2.57. The molecule has 1 aromatic carbocycles. The quantitative estimate of drug-likeness (QED) is 0.718. The van der Waals surface area contributed by atoms with Gasteiger partial charge in [-0.05, 0) is 49.1 Å². The Bertz CT molecular complexity index is 915. The molecule has 0 saturated heterocycles. The Labute approximate surface area is 150 Å². The number of hydrogen-bond donors (Lipinski definition) is 3. The first-order chi connectivity index (χ1) is 12.3. The van der Waals surface area contributed by atoms with E-state index in [1.165, 1.54) is 0 Å². The van der Waals surface area contributed by atoms with Crippen molar-refractivity contribution in [1.82, 2.24) is 10.3 Å². The first-order valence-electron chi connectivity index (χ1n) is 7.98. The van der Waals surface area contributed by atoms with Crippen LogP contribution in [-0.4, -0.2) is 30.5 Å². The minimum atomic E-state index is -4.07. The standard InChI is InChI=1S/C17H18FN3O4S/c18-14-5-4-12(26(19,24)25)9-13(14)17(23)21-16(10-7-11(22)8-10)15-3-1-2-6-20-15/h1-6,9-11,16,22H,7-8H2,(H,21,23)(H2,19,24,25)/t10?,11?,16-/m1/s1. The Kier molecular flexibility index (Phi) is 5.03. The second kappa shape index (κ2) is 7.10. The SMILES string of the molecule is NS(=O)(=O)c1ccc(F)c(C(=O)N[C@@H](c2ccccn2)C2CC(O)C2)c1. The molecule has 0 spiro atoms. The number of nitrogens with two attached hydrogens (primary N) is 1. The lowest BCUT2D eigenvalue weighted by Gasteiger charge is -2.37. The monoisotopic (exact) mass is 379 g/mol. The van der Waals surface area contributed by atoms with E-state index in [1.807, 2.05) is 0 Å². The van der Waals surface area contributed by atoms with Gasteiger partial charge >= 0.3 is 0 Å². The van der Waals surface area contributed by atoms with Crippen LogP contribution in [0.2, 0.25) is 0 Å². The van der Waals surface area contributed by atoms with E-state index in [4.69, 9.17) is 5.14 Å². The van der Waals surface area contributed by atoms with Crippen LogP contribution >= 0.6 is 0 Å². The van der Waals surface area contributed by atoms with Gasteiger partial charge in [0.2, 0.25) is 10.0 Å². The van der Waals surface area contributed by atoms with Crippen molar-refractivity contribution in [1.29, 1.82) is 0 Å². The fraction of sp³-hybridized carbons (Fsp3) is 0.294. The molecule has 1 atom stereocenters. The van der Waals surface area contributed by atoms with Crippen molar-refractivity contribution in [3.05, 3.63) is 59.7 Å². The van der Waals surface area contributed by atoms with Gasteiger partial charge in [0.1, 0.15) is 5.82 Å². The Hall–Kier alpha value is -2.36. The predicted octanol–water partition coefficient (Wildman–Crippen LogP) is 1.11. The number of nitrogens with one attached hydrogen (secondary N) is 1. The highest BCUT2D eigenvalue weighted by Gasteiger charge is 2.36. The Morgan fingerprint density at radius 2 is 2.04 bits per heavy atom. The molecule has 1 aliphatic rings. The van der Waals surface area contributed by atoms with Gasteiger partial charge in [-0.1, -0.05) is 6.07 Å². The van der Waals surface area contributed by atoms with E-state index in [-0.39, 0.29) is 10.8 Å².